The molecular weight excluding hydrogens is 266 g/mol. The number of para-hydroxylation sites is 1. The Bertz CT molecular complexity index is 825. The van der Waals surface area contributed by atoms with Gasteiger partial charge in [0.25, 0.3) is 5.91 Å². The number of hydrogen-bond donors (Lipinski definition) is 2. The number of rotatable bonds is 3. The number of amides is 1. The summed E-state index contributed by atoms with van der Waals surface area (Å²) < 4.78 is 5.84. The number of fused-ring (bicyclic) bond motifs is 1. The summed E-state index contributed by atoms with van der Waals surface area (Å²) in [6.07, 6.45) is 1.72. The maximum absolute atomic E-state index is 11.3. The number of nitrogens with two attached hydrogens (primary N) is 2. The van der Waals surface area contributed by atoms with Crippen molar-refractivity contribution in [1.82, 2.24) is 4.98 Å². The number of nitrogen functional groups attached to an aromatic ring is 1. The van der Waals surface area contributed by atoms with Gasteiger partial charge in [-0.1, -0.05) is 12.1 Å². The maximum Gasteiger partial charge on any atom is 0.250 e. The lowest BCUT2D eigenvalue weighted by atomic mass is 10.1. The first-order chi connectivity index (χ1) is 10.2. The average molecular weight is 279 g/mol. The first kappa shape index (κ1) is 12.9. The topological polar surface area (TPSA) is 91.2 Å². The third-order valence-corrected chi connectivity index (χ3v) is 3.16. The molecule has 0 saturated carbocycles. The van der Waals surface area contributed by atoms with Crippen LogP contribution in [-0.4, -0.2) is 10.9 Å². The number of hydrogen-bond acceptors (Lipinski definition) is 4. The van der Waals surface area contributed by atoms with Crippen molar-refractivity contribution < 1.29 is 9.53 Å². The first-order valence-corrected chi connectivity index (χ1v) is 6.36. The molecule has 0 aliphatic rings. The minimum absolute atomic E-state index is 0.228. The molecule has 104 valence electrons. The molecule has 1 aromatic heterocycles. The summed E-state index contributed by atoms with van der Waals surface area (Å²) in [5.41, 5.74) is 12.5. The van der Waals surface area contributed by atoms with Gasteiger partial charge in [-0.25, -0.2) is 0 Å². The van der Waals surface area contributed by atoms with E-state index in [0.29, 0.717) is 11.5 Å². The summed E-state index contributed by atoms with van der Waals surface area (Å²) in [5.74, 6) is 0.425. The highest BCUT2D eigenvalue weighted by atomic mass is 16.5. The SMILES string of the molecule is NC(=O)c1cccc(Oc2cccc3ncccc23)c1N. The molecule has 1 heterocycles. The van der Waals surface area contributed by atoms with Gasteiger partial charge in [0.15, 0.2) is 5.75 Å². The van der Waals surface area contributed by atoms with E-state index in [4.69, 9.17) is 16.2 Å². The fourth-order valence-electron chi connectivity index (χ4n) is 2.13. The van der Waals surface area contributed by atoms with Crippen molar-refractivity contribution in [2.24, 2.45) is 5.73 Å². The molecule has 0 radical (unpaired) electrons. The minimum Gasteiger partial charge on any atom is -0.454 e. The Labute approximate surface area is 121 Å². The molecule has 2 aromatic carbocycles. The van der Waals surface area contributed by atoms with Gasteiger partial charge in [0.2, 0.25) is 0 Å². The van der Waals surface area contributed by atoms with Crippen molar-refractivity contribution in [3.8, 4) is 11.5 Å². The zero-order valence-corrected chi connectivity index (χ0v) is 11.1. The van der Waals surface area contributed by atoms with Crippen LogP contribution in [0.3, 0.4) is 0 Å². The molecule has 0 fully saturated rings. The maximum atomic E-state index is 11.3. The second-order valence-electron chi connectivity index (χ2n) is 4.51. The van der Waals surface area contributed by atoms with Gasteiger partial charge in [-0.05, 0) is 36.4 Å². The largest absolute Gasteiger partial charge is 0.454 e. The smallest absolute Gasteiger partial charge is 0.250 e. The van der Waals surface area contributed by atoms with Crippen LogP contribution in [0.15, 0.2) is 54.7 Å². The van der Waals surface area contributed by atoms with Crippen molar-refractivity contribution in [2.75, 3.05) is 5.73 Å². The van der Waals surface area contributed by atoms with Crippen molar-refractivity contribution >= 4 is 22.5 Å². The minimum atomic E-state index is -0.586. The van der Waals surface area contributed by atoms with E-state index in [1.807, 2.05) is 30.3 Å². The predicted octanol–water partition coefficient (Wildman–Crippen LogP) is 2.71. The van der Waals surface area contributed by atoms with Crippen LogP contribution >= 0.6 is 0 Å². The highest BCUT2D eigenvalue weighted by molar-refractivity contribution is 5.99. The Morgan fingerprint density at radius 2 is 1.76 bits per heavy atom. The van der Waals surface area contributed by atoms with Crippen LogP contribution in [0, 0.1) is 0 Å². The highest BCUT2D eigenvalue weighted by Gasteiger charge is 2.12. The summed E-state index contributed by atoms with van der Waals surface area (Å²) in [5, 5.41) is 0.865. The summed E-state index contributed by atoms with van der Waals surface area (Å²) in [4.78, 5) is 15.6. The zero-order valence-electron chi connectivity index (χ0n) is 11.1. The fourth-order valence-corrected chi connectivity index (χ4v) is 2.13. The lowest BCUT2D eigenvalue weighted by Gasteiger charge is -2.12. The summed E-state index contributed by atoms with van der Waals surface area (Å²) >= 11 is 0. The number of ether oxygens (including phenoxy) is 1. The lowest BCUT2D eigenvalue weighted by Crippen LogP contribution is -2.13. The molecule has 3 aromatic rings. The molecule has 0 spiro atoms. The van der Waals surface area contributed by atoms with E-state index in [1.165, 1.54) is 0 Å². The normalized spacial score (nSPS) is 10.5. The van der Waals surface area contributed by atoms with E-state index in [0.717, 1.165) is 10.9 Å². The van der Waals surface area contributed by atoms with Crippen LogP contribution in [0.1, 0.15) is 10.4 Å². The van der Waals surface area contributed by atoms with Gasteiger partial charge < -0.3 is 16.2 Å². The van der Waals surface area contributed by atoms with E-state index in [-0.39, 0.29) is 11.3 Å². The molecule has 5 heteroatoms. The molecule has 0 aliphatic heterocycles. The van der Waals surface area contributed by atoms with Crippen LogP contribution < -0.4 is 16.2 Å². The first-order valence-electron chi connectivity index (χ1n) is 6.36. The van der Waals surface area contributed by atoms with Gasteiger partial charge in [0.05, 0.1) is 16.8 Å². The van der Waals surface area contributed by atoms with Crippen molar-refractivity contribution in [2.45, 2.75) is 0 Å². The molecule has 0 bridgehead atoms. The molecule has 5 nitrogen and oxygen atoms in total. The molecule has 1 amide bonds. The monoisotopic (exact) mass is 279 g/mol. The molecule has 0 atom stereocenters. The van der Waals surface area contributed by atoms with E-state index in [1.54, 1.807) is 24.4 Å². The highest BCUT2D eigenvalue weighted by Crippen LogP contribution is 2.33. The Kier molecular flexibility index (Phi) is 3.16. The van der Waals surface area contributed by atoms with Crippen LogP contribution in [0.4, 0.5) is 5.69 Å². The van der Waals surface area contributed by atoms with Gasteiger partial charge in [-0.3, -0.25) is 9.78 Å². The number of aromatic nitrogens is 1. The van der Waals surface area contributed by atoms with Crippen molar-refractivity contribution in [3.05, 3.63) is 60.3 Å². The molecule has 0 unspecified atom stereocenters. The van der Waals surface area contributed by atoms with Crippen LogP contribution in [0.5, 0.6) is 11.5 Å². The third-order valence-electron chi connectivity index (χ3n) is 3.16. The molecule has 3 rings (SSSR count). The lowest BCUT2D eigenvalue weighted by molar-refractivity contribution is 0.100. The van der Waals surface area contributed by atoms with Gasteiger partial charge in [-0.15, -0.1) is 0 Å². The Morgan fingerprint density at radius 3 is 2.57 bits per heavy atom. The zero-order chi connectivity index (χ0) is 14.8. The van der Waals surface area contributed by atoms with Gasteiger partial charge >= 0.3 is 0 Å². The average Bonchev–Trinajstić information content (AvgIpc) is 2.49. The summed E-state index contributed by atoms with van der Waals surface area (Å²) in [6.45, 7) is 0. The van der Waals surface area contributed by atoms with Gasteiger partial charge in [0.1, 0.15) is 5.75 Å². The summed E-state index contributed by atoms with van der Waals surface area (Å²) in [6, 6.07) is 14.2. The Balaban J connectivity index is 2.07. The van der Waals surface area contributed by atoms with Gasteiger partial charge in [0, 0.05) is 11.6 Å². The summed E-state index contributed by atoms with van der Waals surface area (Å²) in [7, 11) is 0. The van der Waals surface area contributed by atoms with E-state index >= 15 is 0 Å². The second-order valence-corrected chi connectivity index (χ2v) is 4.51. The van der Waals surface area contributed by atoms with Crippen LogP contribution in [0.25, 0.3) is 10.9 Å². The number of anilines is 1. The number of nitrogens with zero attached hydrogens (tertiary/aromatic N) is 1. The fraction of sp³-hybridized carbons (Fsp3) is 0. The van der Waals surface area contributed by atoms with Crippen LogP contribution in [0.2, 0.25) is 0 Å². The van der Waals surface area contributed by atoms with Crippen molar-refractivity contribution in [1.29, 1.82) is 0 Å². The Hall–Kier alpha value is -3.08. The van der Waals surface area contributed by atoms with Gasteiger partial charge in [-0.2, -0.15) is 0 Å². The number of carbonyl (C=O) groups excluding carboxylic acids is 1. The molecule has 0 saturated heterocycles. The van der Waals surface area contributed by atoms with Crippen molar-refractivity contribution in [3.63, 3.8) is 0 Å². The number of benzene rings is 2. The quantitative estimate of drug-likeness (QED) is 0.721. The molecular formula is C16H13N3O2. The predicted molar refractivity (Wildman–Crippen MR) is 81.2 cm³/mol. The third kappa shape index (κ3) is 2.36. The number of pyridine rings is 1. The van der Waals surface area contributed by atoms with E-state index in [9.17, 15) is 4.79 Å². The molecule has 4 N–H and O–H groups in total. The van der Waals surface area contributed by atoms with Crippen LogP contribution in [-0.2, 0) is 0 Å². The molecule has 0 aliphatic carbocycles. The standard InChI is InChI=1S/C16H13N3O2/c17-15-11(16(18)20)4-1-8-14(15)21-13-7-2-6-12-10(13)5-3-9-19-12/h1-9H,17H2,(H2,18,20). The molecule has 21 heavy (non-hydrogen) atoms. The Morgan fingerprint density at radius 1 is 1.00 bits per heavy atom. The van der Waals surface area contributed by atoms with E-state index in [2.05, 4.69) is 4.98 Å². The van der Waals surface area contributed by atoms with E-state index < -0.39 is 5.91 Å². The number of carbonyl (C=O) groups is 1. The second kappa shape index (κ2) is 5.13. The number of primary amides is 1.